The molecule has 0 fully saturated rings. The normalized spacial score (nSPS) is 12.2. The van der Waals surface area contributed by atoms with Crippen LogP contribution < -0.4 is 10.3 Å². The number of thiophene rings is 1. The lowest BCUT2D eigenvalue weighted by Crippen LogP contribution is -2.30. The molecule has 0 spiro atoms. The van der Waals surface area contributed by atoms with E-state index in [9.17, 15) is 9.90 Å². The molecule has 0 aliphatic heterocycles. The van der Waals surface area contributed by atoms with Crippen molar-refractivity contribution in [2.24, 2.45) is 0 Å². The van der Waals surface area contributed by atoms with Gasteiger partial charge in [-0.1, -0.05) is 41.9 Å². The van der Waals surface area contributed by atoms with Crippen LogP contribution in [0.5, 0.6) is 5.75 Å². The van der Waals surface area contributed by atoms with Crippen LogP contribution >= 0.6 is 22.9 Å². The Morgan fingerprint density at radius 2 is 1.89 bits per heavy atom. The van der Waals surface area contributed by atoms with E-state index >= 15 is 0 Å². The van der Waals surface area contributed by atoms with Crippen LogP contribution in [0.1, 0.15) is 0 Å². The zero-order valence-corrected chi connectivity index (χ0v) is 16.4. The maximum Gasteiger partial charge on any atom is 0.262 e. The van der Waals surface area contributed by atoms with Crippen LogP contribution in [0.4, 0.5) is 0 Å². The number of benzene rings is 2. The highest BCUT2D eigenvalue weighted by Gasteiger charge is 2.15. The molecule has 0 amide bonds. The number of aromatic nitrogens is 2. The monoisotopic (exact) mass is 412 g/mol. The summed E-state index contributed by atoms with van der Waals surface area (Å²) >= 11 is 7.38. The van der Waals surface area contributed by atoms with Crippen molar-refractivity contribution in [3.8, 4) is 16.9 Å². The van der Waals surface area contributed by atoms with Gasteiger partial charge in [0.1, 0.15) is 23.3 Å². The molecule has 0 radical (unpaired) electrons. The maximum absolute atomic E-state index is 13.0. The minimum atomic E-state index is -0.838. The third-order valence-electron chi connectivity index (χ3n) is 4.31. The van der Waals surface area contributed by atoms with Crippen molar-refractivity contribution in [3.63, 3.8) is 0 Å². The zero-order valence-electron chi connectivity index (χ0n) is 14.8. The third-order valence-corrected chi connectivity index (χ3v) is 5.45. The maximum atomic E-state index is 13.0. The number of aliphatic hydroxyl groups excluding tert-OH is 1. The number of para-hydroxylation sites is 1. The average molecular weight is 413 g/mol. The highest BCUT2D eigenvalue weighted by molar-refractivity contribution is 7.17. The average Bonchev–Trinajstić information content (AvgIpc) is 3.15. The molecule has 1 atom stereocenters. The Hall–Kier alpha value is -2.67. The second-order valence-electron chi connectivity index (χ2n) is 6.32. The summed E-state index contributed by atoms with van der Waals surface area (Å²) in [6.45, 7) is 0.187. The van der Waals surface area contributed by atoms with Gasteiger partial charge >= 0.3 is 0 Å². The van der Waals surface area contributed by atoms with Crippen LogP contribution in [0, 0.1) is 0 Å². The van der Waals surface area contributed by atoms with E-state index in [1.54, 1.807) is 12.1 Å². The molecule has 2 aromatic heterocycles. The van der Waals surface area contributed by atoms with Crippen LogP contribution in [0.3, 0.4) is 0 Å². The van der Waals surface area contributed by atoms with Crippen molar-refractivity contribution in [1.82, 2.24) is 9.55 Å². The topological polar surface area (TPSA) is 64.4 Å². The zero-order chi connectivity index (χ0) is 19.5. The second kappa shape index (κ2) is 8.14. The summed E-state index contributed by atoms with van der Waals surface area (Å²) in [6, 6.07) is 16.6. The third kappa shape index (κ3) is 3.94. The van der Waals surface area contributed by atoms with Crippen molar-refractivity contribution in [1.29, 1.82) is 0 Å². The van der Waals surface area contributed by atoms with Gasteiger partial charge < -0.3 is 9.84 Å². The Morgan fingerprint density at radius 1 is 1.14 bits per heavy atom. The van der Waals surface area contributed by atoms with Gasteiger partial charge in [-0.2, -0.15) is 0 Å². The van der Waals surface area contributed by atoms with Crippen molar-refractivity contribution in [3.05, 3.63) is 81.7 Å². The molecule has 0 saturated carbocycles. The first-order valence-corrected chi connectivity index (χ1v) is 9.96. The molecule has 0 unspecified atom stereocenters. The first kappa shape index (κ1) is 18.7. The van der Waals surface area contributed by atoms with Gasteiger partial charge in [0.15, 0.2) is 0 Å². The second-order valence-corrected chi connectivity index (χ2v) is 7.61. The molecule has 0 aliphatic carbocycles. The lowest BCUT2D eigenvalue weighted by atomic mass is 10.1. The minimum absolute atomic E-state index is 0.0855. The van der Waals surface area contributed by atoms with Crippen LogP contribution in [0.2, 0.25) is 5.02 Å². The van der Waals surface area contributed by atoms with E-state index in [1.807, 2.05) is 47.8 Å². The summed E-state index contributed by atoms with van der Waals surface area (Å²) in [5.74, 6) is 0.672. The number of aliphatic hydroxyl groups is 1. The van der Waals surface area contributed by atoms with Gasteiger partial charge in [0.05, 0.1) is 18.3 Å². The van der Waals surface area contributed by atoms with E-state index in [0.717, 1.165) is 11.1 Å². The van der Waals surface area contributed by atoms with Crippen LogP contribution in [-0.2, 0) is 6.54 Å². The lowest BCUT2D eigenvalue weighted by molar-refractivity contribution is 0.0915. The summed E-state index contributed by atoms with van der Waals surface area (Å²) < 4.78 is 6.98. The molecule has 1 N–H and O–H groups in total. The smallest absolute Gasteiger partial charge is 0.262 e. The quantitative estimate of drug-likeness (QED) is 0.515. The van der Waals surface area contributed by atoms with Gasteiger partial charge in [0.25, 0.3) is 5.56 Å². The Balaban J connectivity index is 1.58. The molecule has 7 heteroatoms. The summed E-state index contributed by atoms with van der Waals surface area (Å²) in [6.07, 6.45) is 0.633. The highest BCUT2D eigenvalue weighted by atomic mass is 35.5. The van der Waals surface area contributed by atoms with E-state index < -0.39 is 6.10 Å². The van der Waals surface area contributed by atoms with Crippen LogP contribution in [0.15, 0.2) is 71.1 Å². The van der Waals surface area contributed by atoms with Gasteiger partial charge in [-0.05, 0) is 29.8 Å². The Bertz CT molecular complexity index is 1140. The van der Waals surface area contributed by atoms with Gasteiger partial charge in [0.2, 0.25) is 0 Å². The Morgan fingerprint density at radius 3 is 2.64 bits per heavy atom. The molecule has 4 aromatic rings. The van der Waals surface area contributed by atoms with Crippen molar-refractivity contribution < 1.29 is 9.84 Å². The molecule has 142 valence electrons. The first-order chi connectivity index (χ1) is 13.6. The molecule has 28 heavy (non-hydrogen) atoms. The molecule has 0 aliphatic rings. The number of rotatable bonds is 6. The van der Waals surface area contributed by atoms with Gasteiger partial charge in [-0.15, -0.1) is 11.3 Å². The number of fused-ring (bicyclic) bond motifs is 1. The molecule has 5 nitrogen and oxygen atoms in total. The molecule has 2 aromatic carbocycles. The molecule has 0 bridgehead atoms. The SMILES string of the molecule is O=c1c2c(-c3ccc(Cl)cc3)csc2ncn1C[C@H](O)COc1ccccc1. The van der Waals surface area contributed by atoms with Crippen molar-refractivity contribution >= 4 is 33.2 Å². The van der Waals surface area contributed by atoms with E-state index in [1.165, 1.54) is 22.2 Å². The van der Waals surface area contributed by atoms with Gasteiger partial charge in [-0.25, -0.2) is 4.98 Å². The summed E-state index contributed by atoms with van der Waals surface area (Å²) in [5.41, 5.74) is 1.54. The molecule has 0 saturated heterocycles. The standard InChI is InChI=1S/C21H17ClN2O3S/c22-15-8-6-14(7-9-15)18-12-28-20-19(18)21(26)24(13-23-20)10-16(25)11-27-17-4-2-1-3-5-17/h1-9,12-13,16,25H,10-11H2/t16-/m0/s1. The summed E-state index contributed by atoms with van der Waals surface area (Å²) in [5, 5.41) is 13.4. The highest BCUT2D eigenvalue weighted by Crippen LogP contribution is 2.31. The number of hydrogen-bond acceptors (Lipinski definition) is 5. The lowest BCUT2D eigenvalue weighted by Gasteiger charge is -2.14. The predicted molar refractivity (Wildman–Crippen MR) is 112 cm³/mol. The fourth-order valence-corrected chi connectivity index (χ4v) is 3.96. The van der Waals surface area contributed by atoms with E-state index in [4.69, 9.17) is 16.3 Å². The van der Waals surface area contributed by atoms with Gasteiger partial charge in [-0.3, -0.25) is 9.36 Å². The summed E-state index contributed by atoms with van der Waals surface area (Å²) in [4.78, 5) is 18.1. The molecule has 4 rings (SSSR count). The Labute approximate surface area is 170 Å². The molecular weight excluding hydrogens is 396 g/mol. The predicted octanol–water partition coefficient (Wildman–Crippen LogP) is 4.22. The van der Waals surface area contributed by atoms with Crippen molar-refractivity contribution in [2.75, 3.05) is 6.61 Å². The number of nitrogens with zero attached hydrogens (tertiary/aromatic N) is 2. The molecule has 2 heterocycles. The van der Waals surface area contributed by atoms with Crippen LogP contribution in [0.25, 0.3) is 21.3 Å². The molecular formula is C21H17ClN2O3S. The fourth-order valence-electron chi connectivity index (χ4n) is 2.93. The van der Waals surface area contributed by atoms with Gasteiger partial charge in [0, 0.05) is 16.0 Å². The number of halogens is 1. The van der Waals surface area contributed by atoms with E-state index in [2.05, 4.69) is 4.98 Å². The minimum Gasteiger partial charge on any atom is -0.491 e. The van der Waals surface area contributed by atoms with Crippen molar-refractivity contribution in [2.45, 2.75) is 12.6 Å². The first-order valence-electron chi connectivity index (χ1n) is 8.70. The largest absolute Gasteiger partial charge is 0.491 e. The summed E-state index contributed by atoms with van der Waals surface area (Å²) in [7, 11) is 0. The van der Waals surface area contributed by atoms with E-state index in [-0.39, 0.29) is 18.7 Å². The van der Waals surface area contributed by atoms with E-state index in [0.29, 0.717) is 21.0 Å². The Kier molecular flexibility index (Phi) is 5.43. The number of ether oxygens (including phenoxy) is 1. The fraction of sp³-hybridized carbons (Fsp3) is 0.143. The number of hydrogen-bond donors (Lipinski definition) is 1. The van der Waals surface area contributed by atoms with Crippen LogP contribution in [-0.4, -0.2) is 27.4 Å².